The van der Waals surface area contributed by atoms with Gasteiger partial charge in [0.1, 0.15) is 11.4 Å². The van der Waals surface area contributed by atoms with Crippen molar-refractivity contribution >= 4 is 51.0 Å². The quantitative estimate of drug-likeness (QED) is 0.190. The number of hydrogen-bond acceptors (Lipinski definition) is 6. The number of benzene rings is 3. The third-order valence-electron chi connectivity index (χ3n) is 9.94. The summed E-state index contributed by atoms with van der Waals surface area (Å²) in [6.45, 7) is 3.99. The van der Waals surface area contributed by atoms with Crippen molar-refractivity contribution < 1.29 is 14.6 Å². The van der Waals surface area contributed by atoms with E-state index in [0.717, 1.165) is 90.5 Å². The van der Waals surface area contributed by atoms with E-state index in [2.05, 4.69) is 47.0 Å². The topological polar surface area (TPSA) is 90.3 Å². The molecule has 0 amide bonds. The summed E-state index contributed by atoms with van der Waals surface area (Å²) in [5, 5.41) is 24.0. The molecule has 1 atom stereocenters. The van der Waals surface area contributed by atoms with E-state index >= 15 is 0 Å². The zero-order valence-electron chi connectivity index (χ0n) is 27.5. The average Bonchev–Trinajstić information content (AvgIpc) is 3.79. The van der Waals surface area contributed by atoms with E-state index in [1.165, 1.54) is 0 Å². The van der Waals surface area contributed by atoms with E-state index in [1.54, 1.807) is 11.8 Å². The van der Waals surface area contributed by atoms with Crippen LogP contribution in [0.2, 0.25) is 5.02 Å². The second-order valence-electron chi connectivity index (χ2n) is 12.9. The summed E-state index contributed by atoms with van der Waals surface area (Å²) in [5.41, 5.74) is 7.90. The lowest BCUT2D eigenvalue weighted by molar-refractivity contribution is 0.0685. The standard InChI is InChI=1S/C37H37ClN6O3S/c1-21-32-33-29(38)12-11-28-27(35(37(45)46)42(3)34(28)33)10-7-15-47-31-18-25(16-22-8-5-6-9-26(22)31)48-20-23-17-24(43(4)40-23)19-41(2)30-13-14-44(39-21)36(30)32/h5-6,8-9,11-12,16-18,30H,7,10,13-15,19-20H2,1-4H3,(H,45,46). The largest absolute Gasteiger partial charge is 0.493 e. The zero-order chi connectivity index (χ0) is 33.3. The molecule has 246 valence electrons. The summed E-state index contributed by atoms with van der Waals surface area (Å²) >= 11 is 8.83. The fourth-order valence-electron chi connectivity index (χ4n) is 7.79. The van der Waals surface area contributed by atoms with Crippen molar-refractivity contribution in [3.05, 3.63) is 93.7 Å². The normalized spacial score (nSPS) is 17.1. The lowest BCUT2D eigenvalue weighted by Crippen LogP contribution is -2.24. The molecule has 5 heterocycles. The first-order valence-corrected chi connectivity index (χ1v) is 17.7. The van der Waals surface area contributed by atoms with Gasteiger partial charge in [-0.2, -0.15) is 10.2 Å². The second kappa shape index (κ2) is 12.0. The van der Waals surface area contributed by atoms with Crippen LogP contribution in [0.25, 0.3) is 32.8 Å². The van der Waals surface area contributed by atoms with Gasteiger partial charge in [0.15, 0.2) is 0 Å². The van der Waals surface area contributed by atoms with E-state index in [0.29, 0.717) is 31.0 Å². The average molecular weight is 681 g/mol. The molecule has 1 unspecified atom stereocenters. The number of ether oxygens (including phenoxy) is 1. The number of aryl methyl sites for hydroxylation is 5. The highest BCUT2D eigenvalue weighted by Crippen LogP contribution is 2.46. The summed E-state index contributed by atoms with van der Waals surface area (Å²) in [6.07, 6.45) is 2.11. The summed E-state index contributed by atoms with van der Waals surface area (Å²) in [5.74, 6) is 0.614. The number of aromatic carboxylic acids is 1. The predicted octanol–water partition coefficient (Wildman–Crippen LogP) is 7.78. The fraction of sp³-hybridized carbons (Fsp3) is 0.324. The lowest BCUT2D eigenvalue weighted by atomic mass is 9.95. The Balaban J connectivity index is 1.29. The third-order valence-corrected chi connectivity index (χ3v) is 11.3. The highest BCUT2D eigenvalue weighted by Gasteiger charge is 2.35. The molecule has 0 radical (unpaired) electrons. The number of halogens is 1. The molecule has 3 aromatic heterocycles. The first-order valence-electron chi connectivity index (χ1n) is 16.3. The molecule has 6 aromatic rings. The maximum absolute atomic E-state index is 12.8. The lowest BCUT2D eigenvalue weighted by Gasteiger charge is -2.25. The number of aromatic nitrogens is 5. The van der Waals surface area contributed by atoms with Crippen molar-refractivity contribution in [1.82, 2.24) is 29.0 Å². The molecule has 0 fully saturated rings. The molecular weight excluding hydrogens is 644 g/mol. The molecule has 48 heavy (non-hydrogen) atoms. The van der Waals surface area contributed by atoms with Crippen LogP contribution in [0.5, 0.6) is 5.75 Å². The van der Waals surface area contributed by atoms with Crippen LogP contribution >= 0.6 is 23.4 Å². The molecular formula is C37H37ClN6O3S. The predicted molar refractivity (Wildman–Crippen MR) is 190 cm³/mol. The summed E-state index contributed by atoms with van der Waals surface area (Å²) in [7, 11) is 6.01. The van der Waals surface area contributed by atoms with Crippen molar-refractivity contribution in [3.63, 3.8) is 0 Å². The Hall–Kier alpha value is -4.25. The van der Waals surface area contributed by atoms with Crippen LogP contribution in [0.3, 0.4) is 0 Å². The van der Waals surface area contributed by atoms with E-state index in [9.17, 15) is 9.90 Å². The van der Waals surface area contributed by atoms with Gasteiger partial charge < -0.3 is 14.4 Å². The Morgan fingerprint density at radius 3 is 2.71 bits per heavy atom. The summed E-state index contributed by atoms with van der Waals surface area (Å²) in [4.78, 5) is 16.3. The second-order valence-corrected chi connectivity index (χ2v) is 14.4. The Morgan fingerprint density at radius 1 is 1.04 bits per heavy atom. The van der Waals surface area contributed by atoms with Crippen molar-refractivity contribution in [2.45, 2.75) is 56.0 Å². The van der Waals surface area contributed by atoms with Gasteiger partial charge in [-0.15, -0.1) is 11.8 Å². The van der Waals surface area contributed by atoms with E-state index in [-0.39, 0.29) is 11.7 Å². The summed E-state index contributed by atoms with van der Waals surface area (Å²) in [6, 6.07) is 18.8. The van der Waals surface area contributed by atoms with Gasteiger partial charge in [-0.1, -0.05) is 41.9 Å². The molecule has 0 spiro atoms. The Morgan fingerprint density at radius 2 is 1.88 bits per heavy atom. The number of rotatable bonds is 1. The maximum Gasteiger partial charge on any atom is 0.352 e. The Kier molecular flexibility index (Phi) is 7.77. The molecule has 8 rings (SSSR count). The molecule has 0 aliphatic carbocycles. The van der Waals surface area contributed by atoms with Gasteiger partial charge >= 0.3 is 5.97 Å². The van der Waals surface area contributed by atoms with Crippen molar-refractivity contribution in [1.29, 1.82) is 0 Å². The first-order chi connectivity index (χ1) is 23.2. The van der Waals surface area contributed by atoms with Gasteiger partial charge in [-0.05, 0) is 68.4 Å². The molecule has 11 heteroatoms. The van der Waals surface area contributed by atoms with Crippen molar-refractivity contribution in [3.8, 4) is 16.9 Å². The molecule has 2 aliphatic heterocycles. The fourth-order valence-corrected chi connectivity index (χ4v) is 8.89. The molecule has 1 N–H and O–H groups in total. The zero-order valence-corrected chi connectivity index (χ0v) is 29.0. The first kappa shape index (κ1) is 31.0. The Labute approximate surface area is 288 Å². The van der Waals surface area contributed by atoms with E-state index < -0.39 is 5.97 Å². The number of thioether (sulfide) groups is 1. The number of carbonyl (C=O) groups is 1. The SMILES string of the molecule is Cc1nn2c3c1-c1c(Cl)ccc4c(c(C(=O)O)n(C)c14)CCCOc1cc(cc4ccccc14)SCc1cc(n(C)n1)CN(C)C3CC2. The number of fused-ring (bicyclic) bond motifs is 7. The van der Waals surface area contributed by atoms with Gasteiger partial charge in [0.25, 0.3) is 0 Å². The number of hydrogen-bond donors (Lipinski definition) is 1. The monoisotopic (exact) mass is 680 g/mol. The van der Waals surface area contributed by atoms with Gasteiger partial charge in [0.05, 0.1) is 46.0 Å². The van der Waals surface area contributed by atoms with Gasteiger partial charge in [-0.3, -0.25) is 14.3 Å². The molecule has 2 aliphatic rings. The minimum Gasteiger partial charge on any atom is -0.493 e. The van der Waals surface area contributed by atoms with E-state index in [1.807, 2.05) is 54.5 Å². The molecule has 8 bridgehead atoms. The van der Waals surface area contributed by atoms with Gasteiger partial charge in [-0.25, -0.2) is 4.79 Å². The highest BCUT2D eigenvalue weighted by atomic mass is 35.5. The molecule has 9 nitrogen and oxygen atoms in total. The number of carboxylic acids is 1. The number of nitrogens with zero attached hydrogens (tertiary/aromatic N) is 6. The minimum absolute atomic E-state index is 0.0983. The third kappa shape index (κ3) is 5.09. The molecule has 3 aromatic carbocycles. The van der Waals surface area contributed by atoms with E-state index in [4.69, 9.17) is 26.5 Å². The minimum atomic E-state index is -0.956. The van der Waals surface area contributed by atoms with Crippen molar-refractivity contribution in [2.75, 3.05) is 13.7 Å². The van der Waals surface area contributed by atoms with Crippen LogP contribution in [0.4, 0.5) is 0 Å². The smallest absolute Gasteiger partial charge is 0.352 e. The Bertz CT molecular complexity index is 2250. The molecule has 0 saturated heterocycles. The van der Waals surface area contributed by atoms with Gasteiger partial charge in [0, 0.05) is 59.7 Å². The molecule has 0 saturated carbocycles. The van der Waals surface area contributed by atoms with Crippen LogP contribution in [-0.4, -0.2) is 53.8 Å². The van der Waals surface area contributed by atoms with Gasteiger partial charge in [0.2, 0.25) is 0 Å². The highest BCUT2D eigenvalue weighted by molar-refractivity contribution is 7.98. The van der Waals surface area contributed by atoms with Crippen LogP contribution in [0.15, 0.2) is 59.5 Å². The van der Waals surface area contributed by atoms with Crippen molar-refractivity contribution in [2.24, 2.45) is 14.1 Å². The van der Waals surface area contributed by atoms with Crippen LogP contribution in [0.1, 0.15) is 57.7 Å². The maximum atomic E-state index is 12.8. The van der Waals surface area contributed by atoms with Crippen LogP contribution < -0.4 is 4.74 Å². The number of carboxylic acid groups (broad SMARTS) is 1. The summed E-state index contributed by atoms with van der Waals surface area (Å²) < 4.78 is 12.4. The van der Waals surface area contributed by atoms with Crippen LogP contribution in [-0.2, 0) is 39.4 Å². The van der Waals surface area contributed by atoms with Crippen LogP contribution in [0, 0.1) is 6.92 Å².